The van der Waals surface area contributed by atoms with Gasteiger partial charge in [-0.25, -0.2) is 13.2 Å². The Bertz CT molecular complexity index is 713. The summed E-state index contributed by atoms with van der Waals surface area (Å²) in [5, 5.41) is 21.8. The third-order valence-corrected chi connectivity index (χ3v) is 5.13. The molecule has 1 heterocycles. The molecular formula is C16H16F3N3OS. The maximum absolute atomic E-state index is 14.1. The number of rotatable bonds is 1. The lowest BCUT2D eigenvalue weighted by atomic mass is 9.90. The van der Waals surface area contributed by atoms with Crippen LogP contribution in [0.25, 0.3) is 0 Å². The van der Waals surface area contributed by atoms with Crippen LogP contribution < -0.4 is 5.32 Å². The molecule has 3 rings (SSSR count). The highest BCUT2D eigenvalue weighted by Gasteiger charge is 2.64. The molecule has 0 amide bonds. The minimum atomic E-state index is -3.25. The molecule has 1 aromatic carbocycles. The first kappa shape index (κ1) is 17.0. The maximum atomic E-state index is 14.1. The van der Waals surface area contributed by atoms with Crippen molar-refractivity contribution in [1.82, 2.24) is 4.90 Å². The molecule has 8 heteroatoms. The van der Waals surface area contributed by atoms with Crippen LogP contribution in [-0.4, -0.2) is 39.2 Å². The minimum absolute atomic E-state index is 0.00242. The topological polar surface area (TPSA) is 59.3 Å². The van der Waals surface area contributed by atoms with E-state index >= 15 is 0 Å². The highest BCUT2D eigenvalue weighted by atomic mass is 32.1. The number of thiocarbonyl (C=S) groups is 1. The molecule has 0 bridgehead atoms. The summed E-state index contributed by atoms with van der Waals surface area (Å²) in [7, 11) is 0. The number of likely N-dealkylation sites (tertiary alicyclic amines) is 1. The Kier molecular flexibility index (Phi) is 4.18. The Morgan fingerprint density at radius 3 is 2.62 bits per heavy atom. The normalized spacial score (nSPS) is 24.1. The molecule has 0 aromatic heterocycles. The molecule has 1 atom stereocenters. The first-order valence-electron chi connectivity index (χ1n) is 7.64. The molecule has 1 unspecified atom stereocenters. The molecule has 1 spiro atoms. The van der Waals surface area contributed by atoms with Crippen molar-refractivity contribution < 1.29 is 18.3 Å². The molecule has 2 N–H and O–H groups in total. The summed E-state index contributed by atoms with van der Waals surface area (Å²) in [6, 6.07) is 5.42. The first-order chi connectivity index (χ1) is 11.3. The number of benzene rings is 1. The smallest absolute Gasteiger partial charge is 0.292 e. The van der Waals surface area contributed by atoms with Gasteiger partial charge in [-0.05, 0) is 43.3 Å². The largest absolute Gasteiger partial charge is 0.384 e. The summed E-state index contributed by atoms with van der Waals surface area (Å²) in [6.07, 6.45) is 0.556. The van der Waals surface area contributed by atoms with E-state index in [4.69, 9.17) is 17.5 Å². The SMILES string of the molecule is N#Cc1cc(F)cc(NC(=S)N2CC(F)(F)C(O)C23CCCC3)c1. The number of aliphatic hydroxyl groups excluding tert-OH is 1. The molecule has 1 saturated carbocycles. The van der Waals surface area contributed by atoms with Gasteiger partial charge in [0.2, 0.25) is 0 Å². The quantitative estimate of drug-likeness (QED) is 0.759. The van der Waals surface area contributed by atoms with Crippen LogP contribution in [0.4, 0.5) is 18.9 Å². The summed E-state index contributed by atoms with van der Waals surface area (Å²) in [5.41, 5.74) is -0.768. The standard InChI is InChI=1S/C16H16F3N3OS/c17-11-5-10(8-20)6-12(7-11)21-14(24)22-9-16(18,19)13(23)15(22)3-1-2-4-15/h5-7,13,23H,1-4,9H2,(H,21,24). The second kappa shape index (κ2) is 5.90. The molecule has 2 fully saturated rings. The zero-order valence-electron chi connectivity index (χ0n) is 12.7. The average Bonchev–Trinajstić information content (AvgIpc) is 3.07. The predicted molar refractivity (Wildman–Crippen MR) is 86.2 cm³/mol. The van der Waals surface area contributed by atoms with Crippen molar-refractivity contribution in [2.45, 2.75) is 43.2 Å². The average molecular weight is 355 g/mol. The van der Waals surface area contributed by atoms with Gasteiger partial charge < -0.3 is 15.3 Å². The van der Waals surface area contributed by atoms with Crippen molar-refractivity contribution >= 4 is 23.0 Å². The van der Waals surface area contributed by atoms with E-state index in [1.165, 1.54) is 11.0 Å². The molecule has 0 radical (unpaired) electrons. The van der Waals surface area contributed by atoms with Crippen LogP contribution in [0.2, 0.25) is 0 Å². The van der Waals surface area contributed by atoms with Gasteiger partial charge >= 0.3 is 0 Å². The zero-order valence-corrected chi connectivity index (χ0v) is 13.5. The van der Waals surface area contributed by atoms with Crippen molar-refractivity contribution in [3.8, 4) is 6.07 Å². The molecule has 1 aliphatic carbocycles. The molecule has 128 valence electrons. The lowest BCUT2D eigenvalue weighted by molar-refractivity contribution is -0.0957. The van der Waals surface area contributed by atoms with Crippen molar-refractivity contribution in [1.29, 1.82) is 5.26 Å². The van der Waals surface area contributed by atoms with E-state index < -0.39 is 29.9 Å². The third kappa shape index (κ3) is 2.72. The van der Waals surface area contributed by atoms with E-state index in [1.807, 2.05) is 6.07 Å². The molecule has 24 heavy (non-hydrogen) atoms. The van der Waals surface area contributed by atoms with E-state index in [9.17, 15) is 18.3 Å². The Morgan fingerprint density at radius 2 is 2.00 bits per heavy atom. The molecule has 4 nitrogen and oxygen atoms in total. The van der Waals surface area contributed by atoms with Crippen LogP contribution in [-0.2, 0) is 0 Å². The van der Waals surface area contributed by atoms with Gasteiger partial charge in [-0.1, -0.05) is 12.8 Å². The highest BCUT2D eigenvalue weighted by Crippen LogP contribution is 2.49. The number of nitrogens with zero attached hydrogens (tertiary/aromatic N) is 2. The van der Waals surface area contributed by atoms with Gasteiger partial charge in [-0.3, -0.25) is 0 Å². The van der Waals surface area contributed by atoms with Crippen molar-refractivity contribution in [2.75, 3.05) is 11.9 Å². The number of halogens is 3. The van der Waals surface area contributed by atoms with Gasteiger partial charge in [-0.2, -0.15) is 5.26 Å². The molecular weight excluding hydrogens is 339 g/mol. The van der Waals surface area contributed by atoms with Crippen molar-refractivity contribution in [3.05, 3.63) is 29.6 Å². The van der Waals surface area contributed by atoms with Gasteiger partial charge in [0.05, 0.1) is 23.7 Å². The molecule has 2 aliphatic rings. The van der Waals surface area contributed by atoms with E-state index in [2.05, 4.69) is 5.32 Å². The van der Waals surface area contributed by atoms with E-state index in [-0.39, 0.29) is 16.4 Å². The molecule has 1 aliphatic heterocycles. The van der Waals surface area contributed by atoms with Crippen LogP contribution in [0.3, 0.4) is 0 Å². The van der Waals surface area contributed by atoms with E-state index in [0.29, 0.717) is 12.8 Å². The van der Waals surface area contributed by atoms with Crippen molar-refractivity contribution in [3.63, 3.8) is 0 Å². The fourth-order valence-electron chi connectivity index (χ4n) is 3.72. The lowest BCUT2D eigenvalue weighted by Gasteiger charge is -2.38. The monoisotopic (exact) mass is 355 g/mol. The van der Waals surface area contributed by atoms with Crippen LogP contribution >= 0.6 is 12.2 Å². The Morgan fingerprint density at radius 1 is 1.33 bits per heavy atom. The Labute approximate surface area is 142 Å². The number of hydrogen-bond donors (Lipinski definition) is 2. The summed E-state index contributed by atoms with van der Waals surface area (Å²) in [5.74, 6) is -3.88. The van der Waals surface area contributed by atoms with Crippen LogP contribution in [0.15, 0.2) is 18.2 Å². The van der Waals surface area contributed by atoms with Gasteiger partial charge in [0.1, 0.15) is 11.9 Å². The first-order valence-corrected chi connectivity index (χ1v) is 8.04. The summed E-state index contributed by atoms with van der Waals surface area (Å²) >= 11 is 5.25. The summed E-state index contributed by atoms with van der Waals surface area (Å²) < 4.78 is 41.7. The minimum Gasteiger partial charge on any atom is -0.384 e. The number of nitrogens with one attached hydrogen (secondary N) is 1. The fourth-order valence-corrected chi connectivity index (χ4v) is 4.08. The van der Waals surface area contributed by atoms with Crippen molar-refractivity contribution in [2.24, 2.45) is 0 Å². The zero-order chi connectivity index (χ0) is 17.5. The second-order valence-corrected chi connectivity index (χ2v) is 6.72. The number of hydrogen-bond acceptors (Lipinski definition) is 3. The maximum Gasteiger partial charge on any atom is 0.292 e. The summed E-state index contributed by atoms with van der Waals surface area (Å²) in [6.45, 7) is -0.680. The number of aliphatic hydroxyl groups is 1. The summed E-state index contributed by atoms with van der Waals surface area (Å²) in [4.78, 5) is 1.33. The van der Waals surface area contributed by atoms with E-state index in [0.717, 1.165) is 25.0 Å². The van der Waals surface area contributed by atoms with Gasteiger partial charge in [0.25, 0.3) is 5.92 Å². The molecule has 1 saturated heterocycles. The van der Waals surface area contributed by atoms with Gasteiger partial charge in [0, 0.05) is 5.69 Å². The Hall–Kier alpha value is -1.85. The molecule has 1 aromatic rings. The predicted octanol–water partition coefficient (Wildman–Crippen LogP) is 3.02. The second-order valence-electron chi connectivity index (χ2n) is 6.33. The third-order valence-electron chi connectivity index (χ3n) is 4.81. The van der Waals surface area contributed by atoms with E-state index in [1.54, 1.807) is 0 Å². The number of alkyl halides is 2. The lowest BCUT2D eigenvalue weighted by Crippen LogP contribution is -2.52. The van der Waals surface area contributed by atoms with Crippen LogP contribution in [0.5, 0.6) is 0 Å². The van der Waals surface area contributed by atoms with Gasteiger partial charge in [-0.15, -0.1) is 0 Å². The van der Waals surface area contributed by atoms with Gasteiger partial charge in [0.15, 0.2) is 5.11 Å². The Balaban J connectivity index is 1.87. The number of nitriles is 1. The highest BCUT2D eigenvalue weighted by molar-refractivity contribution is 7.80. The van der Waals surface area contributed by atoms with Crippen LogP contribution in [0.1, 0.15) is 31.2 Å². The van der Waals surface area contributed by atoms with Crippen LogP contribution in [0, 0.1) is 17.1 Å². The fraction of sp³-hybridized carbons (Fsp3) is 0.500. The number of anilines is 1.